The summed E-state index contributed by atoms with van der Waals surface area (Å²) in [6.07, 6.45) is 13.1. The number of carbonyl (C=O) groups excluding carboxylic acids is 1. The maximum atomic E-state index is 13.6. The number of rotatable bonds is 4. The van der Waals surface area contributed by atoms with Gasteiger partial charge in [-0.3, -0.25) is 0 Å². The van der Waals surface area contributed by atoms with Crippen LogP contribution in [0.5, 0.6) is 0 Å². The Balaban J connectivity index is 1.35. The average Bonchev–Trinajstić information content (AvgIpc) is 3.18. The molecule has 4 aliphatic carbocycles. The second kappa shape index (κ2) is 9.65. The van der Waals surface area contributed by atoms with Crippen LogP contribution in [0.15, 0.2) is 41.5 Å². The van der Waals surface area contributed by atoms with Gasteiger partial charge in [-0.25, -0.2) is 4.79 Å². The number of ether oxygens (including phenoxy) is 2. The van der Waals surface area contributed by atoms with Gasteiger partial charge in [0, 0.05) is 24.5 Å². The van der Waals surface area contributed by atoms with Gasteiger partial charge in [-0.15, -0.1) is 12.3 Å². The molecule has 2 fully saturated rings. The Morgan fingerprint density at radius 2 is 1.92 bits per heavy atom. The number of terminal acetylenes is 1. The first-order valence-electron chi connectivity index (χ1n) is 13.9. The van der Waals surface area contributed by atoms with E-state index in [1.54, 1.807) is 12.5 Å². The normalized spacial score (nSPS) is 38.1. The van der Waals surface area contributed by atoms with Gasteiger partial charge in [0.2, 0.25) is 0 Å². The fourth-order valence-electron chi connectivity index (χ4n) is 8.51. The zero-order valence-electron chi connectivity index (χ0n) is 22.7. The van der Waals surface area contributed by atoms with E-state index >= 15 is 0 Å². The molecule has 1 aromatic rings. The van der Waals surface area contributed by atoms with Gasteiger partial charge in [0.15, 0.2) is 0 Å². The number of fused-ring (bicyclic) bond motifs is 4. The van der Waals surface area contributed by atoms with Gasteiger partial charge in [-0.05, 0) is 75.5 Å². The minimum absolute atomic E-state index is 0.168. The number of allylic oxidation sites excluding steroid dienone is 1. The minimum Gasteiger partial charge on any atom is -0.459 e. The molecule has 196 valence electrons. The first-order chi connectivity index (χ1) is 17.7. The second-order valence-corrected chi connectivity index (χ2v) is 12.0. The van der Waals surface area contributed by atoms with Gasteiger partial charge in [0.05, 0.1) is 0 Å². The Kier molecular flexibility index (Phi) is 6.81. The number of carbonyl (C=O) groups is 1. The number of benzene rings is 1. The van der Waals surface area contributed by atoms with Gasteiger partial charge in [-0.1, -0.05) is 67.2 Å². The first-order valence-corrected chi connectivity index (χ1v) is 13.9. The Morgan fingerprint density at radius 1 is 1.16 bits per heavy atom. The monoisotopic (exact) mass is 500 g/mol. The smallest absolute Gasteiger partial charge is 0.356 e. The topological polar surface area (TPSA) is 55.8 Å². The summed E-state index contributed by atoms with van der Waals surface area (Å²) in [5.74, 6) is 10.3. The molecule has 0 aliphatic heterocycles. The molecular weight excluding hydrogens is 460 g/mol. The fraction of sp³-hybridized carbons (Fsp3) is 0.606. The highest BCUT2D eigenvalue weighted by Gasteiger charge is 2.62. The number of esters is 1. The third-order valence-electron chi connectivity index (χ3n) is 10.4. The van der Waals surface area contributed by atoms with Gasteiger partial charge in [0.1, 0.15) is 11.7 Å². The van der Waals surface area contributed by atoms with Crippen LogP contribution in [0.4, 0.5) is 0 Å². The van der Waals surface area contributed by atoms with Crippen molar-refractivity contribution < 1.29 is 19.4 Å². The number of hydrogen-bond acceptors (Lipinski definition) is 4. The summed E-state index contributed by atoms with van der Waals surface area (Å²) in [5.41, 5.74) is 1.19. The maximum Gasteiger partial charge on any atom is 0.356 e. The van der Waals surface area contributed by atoms with Gasteiger partial charge in [-0.2, -0.15) is 0 Å². The average molecular weight is 501 g/mol. The van der Waals surface area contributed by atoms with Crippen molar-refractivity contribution in [2.24, 2.45) is 29.1 Å². The molecule has 0 amide bonds. The highest BCUT2D eigenvalue weighted by molar-refractivity contribution is 5.85. The lowest BCUT2D eigenvalue weighted by molar-refractivity contribution is -0.169. The molecule has 8 atom stereocenters. The molecule has 0 spiro atoms. The molecule has 0 unspecified atom stereocenters. The second-order valence-electron chi connectivity index (χ2n) is 12.0. The van der Waals surface area contributed by atoms with Crippen molar-refractivity contribution in [2.45, 2.75) is 89.4 Å². The Bertz CT molecular complexity index is 1180. The first kappa shape index (κ1) is 26.1. The molecule has 0 saturated heterocycles. The molecule has 4 nitrogen and oxygen atoms in total. The van der Waals surface area contributed by atoms with E-state index in [1.807, 2.05) is 30.3 Å². The third kappa shape index (κ3) is 3.96. The van der Waals surface area contributed by atoms with Gasteiger partial charge >= 0.3 is 5.97 Å². The molecule has 0 aromatic heterocycles. The highest BCUT2D eigenvalue weighted by Crippen LogP contribution is 2.65. The van der Waals surface area contributed by atoms with Crippen LogP contribution in [0, 0.1) is 53.3 Å². The molecule has 5 rings (SSSR count). The van der Waals surface area contributed by atoms with E-state index < -0.39 is 17.2 Å². The zero-order chi connectivity index (χ0) is 26.4. The minimum atomic E-state index is -1.42. The number of aliphatic hydroxyl groups is 1. The van der Waals surface area contributed by atoms with Crippen molar-refractivity contribution in [3.8, 4) is 24.2 Å². The van der Waals surface area contributed by atoms with Crippen LogP contribution in [0.3, 0.4) is 0 Å². The summed E-state index contributed by atoms with van der Waals surface area (Å²) in [6, 6.07) is 9.40. The molecule has 37 heavy (non-hydrogen) atoms. The lowest BCUT2D eigenvalue weighted by Crippen LogP contribution is -2.52. The molecular formula is C33H40O4. The van der Waals surface area contributed by atoms with Crippen LogP contribution in [-0.2, 0) is 19.9 Å². The van der Waals surface area contributed by atoms with Crippen LogP contribution < -0.4 is 0 Å². The molecule has 4 heteroatoms. The molecule has 4 aliphatic rings. The summed E-state index contributed by atoms with van der Waals surface area (Å²) in [4.78, 5) is 13.6. The van der Waals surface area contributed by atoms with Crippen molar-refractivity contribution in [1.82, 2.24) is 0 Å². The van der Waals surface area contributed by atoms with Gasteiger partial charge in [0.25, 0.3) is 5.60 Å². The van der Waals surface area contributed by atoms with E-state index in [-0.39, 0.29) is 11.5 Å². The predicted octanol–water partition coefficient (Wildman–Crippen LogP) is 5.79. The molecule has 0 heterocycles. The zero-order valence-corrected chi connectivity index (χ0v) is 22.7. The fourth-order valence-corrected chi connectivity index (χ4v) is 8.51. The van der Waals surface area contributed by atoms with Crippen LogP contribution in [-0.4, -0.2) is 29.9 Å². The van der Waals surface area contributed by atoms with E-state index in [4.69, 9.17) is 15.9 Å². The van der Waals surface area contributed by atoms with Crippen molar-refractivity contribution in [2.75, 3.05) is 7.11 Å². The number of methoxy groups -OCH3 is 1. The van der Waals surface area contributed by atoms with Crippen LogP contribution in [0.1, 0.15) is 77.7 Å². The van der Waals surface area contributed by atoms with E-state index in [0.29, 0.717) is 35.7 Å². The van der Waals surface area contributed by atoms with Gasteiger partial charge < -0.3 is 14.6 Å². The Morgan fingerprint density at radius 3 is 2.59 bits per heavy atom. The van der Waals surface area contributed by atoms with Crippen LogP contribution in [0.25, 0.3) is 0 Å². The molecule has 0 bridgehead atoms. The van der Waals surface area contributed by atoms with E-state index in [0.717, 1.165) is 44.9 Å². The Labute approximate surface area is 222 Å². The Hall–Kier alpha value is -2.53. The SMILES string of the molecule is C#C[C@]1(O)CC[C@H]2[C@@H]3[C@H](C)CC4=C(CC[C@@H](OC(=O)[C@](C#CC)(OC)c5ccccc5)C4)[C@H]3CC[C@@]21C. The largest absolute Gasteiger partial charge is 0.459 e. The van der Waals surface area contributed by atoms with Crippen LogP contribution in [0.2, 0.25) is 0 Å². The third-order valence-corrected chi connectivity index (χ3v) is 10.4. The lowest BCUT2D eigenvalue weighted by Gasteiger charge is -2.55. The predicted molar refractivity (Wildman–Crippen MR) is 144 cm³/mol. The van der Waals surface area contributed by atoms with E-state index in [1.165, 1.54) is 12.7 Å². The van der Waals surface area contributed by atoms with E-state index in [2.05, 4.69) is 31.6 Å². The van der Waals surface area contributed by atoms with Crippen molar-refractivity contribution in [3.63, 3.8) is 0 Å². The van der Waals surface area contributed by atoms with Crippen molar-refractivity contribution in [3.05, 3.63) is 47.0 Å². The number of hydrogen-bond donors (Lipinski definition) is 1. The highest BCUT2D eigenvalue weighted by atomic mass is 16.6. The summed E-state index contributed by atoms with van der Waals surface area (Å²) < 4.78 is 11.9. The van der Waals surface area contributed by atoms with Crippen LogP contribution >= 0.6 is 0 Å². The molecule has 0 radical (unpaired) electrons. The van der Waals surface area contributed by atoms with E-state index in [9.17, 15) is 9.90 Å². The molecule has 1 aromatic carbocycles. The lowest BCUT2D eigenvalue weighted by atomic mass is 9.50. The standard InChI is InChI=1S/C33H40O4/c1-6-17-33(36-5,24-11-9-8-10-12-24)30(34)37-25-13-14-26-23(21-25)20-22(3)29-27(26)15-18-31(4)28(29)16-19-32(31,35)7-2/h2,8-12,22,25,27-29,35H,13-16,18-21H2,1,3-5H3/t22-,25-,27-,28+,29-,31+,32+,33-/m1/s1. The molecule has 1 N–H and O–H groups in total. The maximum absolute atomic E-state index is 13.6. The summed E-state index contributed by atoms with van der Waals surface area (Å²) in [7, 11) is 1.52. The molecule has 2 saturated carbocycles. The quantitative estimate of drug-likeness (QED) is 0.323. The van der Waals surface area contributed by atoms with Crippen molar-refractivity contribution >= 4 is 5.97 Å². The summed E-state index contributed by atoms with van der Waals surface area (Å²) >= 11 is 0. The summed E-state index contributed by atoms with van der Waals surface area (Å²) in [6.45, 7) is 6.32. The summed E-state index contributed by atoms with van der Waals surface area (Å²) in [5, 5.41) is 11.3. The van der Waals surface area contributed by atoms with Crippen molar-refractivity contribution in [1.29, 1.82) is 0 Å².